The van der Waals surface area contributed by atoms with Gasteiger partial charge in [-0.1, -0.05) is 0 Å². The number of H-pyrrole nitrogens is 1. The van der Waals surface area contributed by atoms with Gasteiger partial charge >= 0.3 is 0 Å². The predicted molar refractivity (Wildman–Crippen MR) is 98.1 cm³/mol. The van der Waals surface area contributed by atoms with Gasteiger partial charge in [-0.3, -0.25) is 14.9 Å². The third-order valence-corrected chi connectivity index (χ3v) is 6.03. The Labute approximate surface area is 158 Å². The molecule has 0 aliphatic carbocycles. The lowest BCUT2D eigenvalue weighted by molar-refractivity contribution is 0.594. The van der Waals surface area contributed by atoms with E-state index in [0.717, 1.165) is 0 Å². The van der Waals surface area contributed by atoms with E-state index in [-0.39, 0.29) is 22.0 Å². The fourth-order valence-electron chi connectivity index (χ4n) is 2.81. The van der Waals surface area contributed by atoms with Crippen molar-refractivity contribution in [2.45, 2.75) is 23.3 Å². The normalized spacial score (nSPS) is 11.8. The molecule has 3 heterocycles. The molecule has 0 unspecified atom stereocenters. The molecule has 8 nitrogen and oxygen atoms in total. The first-order chi connectivity index (χ1) is 13.4. The number of hydrogen-bond acceptors (Lipinski definition) is 6. The molecule has 1 N–H and O–H groups in total. The molecule has 142 valence electrons. The summed E-state index contributed by atoms with van der Waals surface area (Å²) in [6.45, 7) is 1.61. The van der Waals surface area contributed by atoms with Crippen molar-refractivity contribution in [1.29, 1.82) is 0 Å². The summed E-state index contributed by atoms with van der Waals surface area (Å²) in [5, 5.41) is 10.9. The van der Waals surface area contributed by atoms with E-state index in [2.05, 4.69) is 20.3 Å². The topological polar surface area (TPSA) is 111 Å². The van der Waals surface area contributed by atoms with E-state index < -0.39 is 21.2 Å². The number of halogens is 1. The first kappa shape index (κ1) is 18.0. The van der Waals surface area contributed by atoms with Gasteiger partial charge in [-0.15, -0.1) is 0 Å². The monoisotopic (exact) mass is 399 g/mol. The number of aromatic amines is 1. The van der Waals surface area contributed by atoms with Crippen molar-refractivity contribution in [1.82, 2.24) is 25.0 Å². The Morgan fingerprint density at radius 3 is 2.68 bits per heavy atom. The average molecular weight is 399 g/mol. The fourth-order valence-corrected chi connectivity index (χ4v) is 4.01. The molecule has 0 aliphatic heterocycles. The van der Waals surface area contributed by atoms with E-state index in [4.69, 9.17) is 0 Å². The summed E-state index contributed by atoms with van der Waals surface area (Å²) in [5.74, 6) is -0.422. The average Bonchev–Trinajstić information content (AvgIpc) is 3.22. The number of pyridine rings is 1. The van der Waals surface area contributed by atoms with Gasteiger partial charge < -0.3 is 0 Å². The van der Waals surface area contributed by atoms with Crippen LogP contribution in [0, 0.1) is 12.7 Å². The molecule has 0 saturated heterocycles. The van der Waals surface area contributed by atoms with Crippen molar-refractivity contribution in [3.05, 3.63) is 76.5 Å². The molecule has 0 atom stereocenters. The number of nitrogens with zero attached hydrogens (tertiary/aromatic N) is 4. The lowest BCUT2D eigenvalue weighted by atomic mass is 10.2. The Hall–Kier alpha value is -3.40. The molecule has 28 heavy (non-hydrogen) atoms. The van der Waals surface area contributed by atoms with Crippen molar-refractivity contribution in [3.8, 4) is 0 Å². The van der Waals surface area contributed by atoms with Gasteiger partial charge in [-0.2, -0.15) is 10.2 Å². The van der Waals surface area contributed by atoms with Crippen LogP contribution in [0.1, 0.15) is 11.4 Å². The summed E-state index contributed by atoms with van der Waals surface area (Å²) in [6.07, 6.45) is 3.92. The van der Waals surface area contributed by atoms with Crippen LogP contribution < -0.4 is 5.56 Å². The minimum absolute atomic E-state index is 0.0332. The zero-order valence-corrected chi connectivity index (χ0v) is 15.4. The second-order valence-electron chi connectivity index (χ2n) is 6.16. The number of benzene rings is 1. The second kappa shape index (κ2) is 6.64. The smallest absolute Gasteiger partial charge is 0.274 e. The van der Waals surface area contributed by atoms with E-state index in [1.807, 2.05) is 0 Å². The van der Waals surface area contributed by atoms with Crippen LogP contribution in [0.5, 0.6) is 0 Å². The molecule has 4 aromatic rings. The molecule has 0 spiro atoms. The third kappa shape index (κ3) is 3.07. The summed E-state index contributed by atoms with van der Waals surface area (Å²) >= 11 is 0. The molecule has 0 aliphatic rings. The molecule has 3 aromatic heterocycles. The van der Waals surface area contributed by atoms with Crippen LogP contribution in [-0.2, 0) is 16.4 Å². The number of rotatable bonds is 4. The zero-order chi connectivity index (χ0) is 19.9. The Kier molecular flexibility index (Phi) is 4.27. The van der Waals surface area contributed by atoms with E-state index >= 15 is 0 Å². The predicted octanol–water partition coefficient (Wildman–Crippen LogP) is 1.84. The maximum atomic E-state index is 13.4. The quantitative estimate of drug-likeness (QED) is 0.561. The Morgan fingerprint density at radius 2 is 1.96 bits per heavy atom. The fraction of sp³-hybridized carbons (Fsp3) is 0.111. The van der Waals surface area contributed by atoms with Crippen LogP contribution in [0.15, 0.2) is 63.5 Å². The standard InChI is InChI=1S/C18H14FN5O3S/c1-11-17(19)5-2-13(23-11)10-24-18(25)16-4-3-14(6-12(16)7-22-24)28(26,27)15-8-20-21-9-15/h2-9H,10H2,1H3,(H,20,21). The zero-order valence-electron chi connectivity index (χ0n) is 14.6. The highest BCUT2D eigenvalue weighted by atomic mass is 32.2. The lowest BCUT2D eigenvalue weighted by Gasteiger charge is -2.08. The lowest BCUT2D eigenvalue weighted by Crippen LogP contribution is -2.24. The van der Waals surface area contributed by atoms with Gasteiger partial charge in [0.15, 0.2) is 0 Å². The van der Waals surface area contributed by atoms with E-state index in [1.54, 1.807) is 0 Å². The first-order valence-electron chi connectivity index (χ1n) is 8.22. The number of aromatic nitrogens is 5. The molecule has 0 bridgehead atoms. The van der Waals surface area contributed by atoms with Gasteiger partial charge in [0, 0.05) is 11.6 Å². The van der Waals surface area contributed by atoms with Crippen LogP contribution >= 0.6 is 0 Å². The van der Waals surface area contributed by atoms with Crippen molar-refractivity contribution in [2.75, 3.05) is 0 Å². The SMILES string of the molecule is Cc1nc(Cn2ncc3cc(S(=O)(=O)c4cn[nH]c4)ccc3c2=O)ccc1F. The summed E-state index contributed by atoms with van der Waals surface area (Å²) in [6, 6.07) is 7.00. The molecule has 0 amide bonds. The molecular formula is C18H14FN5O3S. The van der Waals surface area contributed by atoms with E-state index in [0.29, 0.717) is 16.5 Å². The number of aryl methyl sites for hydroxylation is 1. The molecule has 10 heteroatoms. The largest absolute Gasteiger partial charge is 0.284 e. The van der Waals surface area contributed by atoms with Crippen LogP contribution in [0.2, 0.25) is 0 Å². The molecule has 0 radical (unpaired) electrons. The van der Waals surface area contributed by atoms with Crippen LogP contribution in [-0.4, -0.2) is 33.4 Å². The highest BCUT2D eigenvalue weighted by molar-refractivity contribution is 7.91. The van der Waals surface area contributed by atoms with Gasteiger partial charge in [0.05, 0.1) is 40.6 Å². The van der Waals surface area contributed by atoms with E-state index in [9.17, 15) is 17.6 Å². The summed E-state index contributed by atoms with van der Waals surface area (Å²) in [4.78, 5) is 16.9. The van der Waals surface area contributed by atoms with Crippen LogP contribution in [0.4, 0.5) is 4.39 Å². The van der Waals surface area contributed by atoms with Gasteiger partial charge in [-0.25, -0.2) is 17.5 Å². The summed E-state index contributed by atoms with van der Waals surface area (Å²) in [5.41, 5.74) is 0.334. The molecule has 0 fully saturated rings. The van der Waals surface area contributed by atoms with Crippen LogP contribution in [0.3, 0.4) is 0 Å². The minimum atomic E-state index is -3.74. The van der Waals surface area contributed by atoms with Crippen molar-refractivity contribution < 1.29 is 12.8 Å². The van der Waals surface area contributed by atoms with Gasteiger partial charge in [0.25, 0.3) is 5.56 Å². The first-order valence-corrected chi connectivity index (χ1v) is 9.70. The molecular weight excluding hydrogens is 385 g/mol. The molecule has 4 rings (SSSR count). The number of fused-ring (bicyclic) bond motifs is 1. The van der Waals surface area contributed by atoms with Gasteiger partial charge in [0.2, 0.25) is 9.84 Å². The second-order valence-corrected chi connectivity index (χ2v) is 8.11. The maximum Gasteiger partial charge on any atom is 0.274 e. The number of sulfone groups is 1. The van der Waals surface area contributed by atoms with E-state index in [1.165, 1.54) is 60.5 Å². The van der Waals surface area contributed by atoms with Gasteiger partial charge in [-0.05, 0) is 37.3 Å². The van der Waals surface area contributed by atoms with Crippen LogP contribution in [0.25, 0.3) is 10.8 Å². The van der Waals surface area contributed by atoms with Gasteiger partial charge in [0.1, 0.15) is 10.7 Å². The minimum Gasteiger partial charge on any atom is -0.284 e. The maximum absolute atomic E-state index is 13.4. The summed E-state index contributed by atoms with van der Waals surface area (Å²) < 4.78 is 39.7. The summed E-state index contributed by atoms with van der Waals surface area (Å²) in [7, 11) is -3.74. The van der Waals surface area contributed by atoms with Crippen molar-refractivity contribution in [3.63, 3.8) is 0 Å². The highest BCUT2D eigenvalue weighted by Gasteiger charge is 2.19. The number of nitrogens with one attached hydrogen (secondary N) is 1. The Morgan fingerprint density at radius 1 is 1.14 bits per heavy atom. The Bertz CT molecular complexity index is 1350. The Balaban J connectivity index is 1.74. The molecule has 1 aromatic carbocycles. The molecule has 0 saturated carbocycles. The number of hydrogen-bond donors (Lipinski definition) is 1. The highest BCUT2D eigenvalue weighted by Crippen LogP contribution is 2.22. The van der Waals surface area contributed by atoms with Crippen molar-refractivity contribution >= 4 is 20.6 Å². The van der Waals surface area contributed by atoms with Crippen molar-refractivity contribution in [2.24, 2.45) is 0 Å². The third-order valence-electron chi connectivity index (χ3n) is 4.31.